The Morgan fingerprint density at radius 3 is 2.41 bits per heavy atom. The van der Waals surface area contributed by atoms with Gasteiger partial charge in [0.1, 0.15) is 5.69 Å². The van der Waals surface area contributed by atoms with Crippen molar-refractivity contribution in [3.8, 4) is 0 Å². The minimum Gasteiger partial charge on any atom is -0.388 e. The quantitative estimate of drug-likeness (QED) is 0.946. The zero-order valence-corrected chi connectivity index (χ0v) is 12.9. The van der Waals surface area contributed by atoms with Gasteiger partial charge in [0.25, 0.3) is 5.91 Å². The van der Waals surface area contributed by atoms with E-state index in [0.717, 1.165) is 24.1 Å². The van der Waals surface area contributed by atoms with E-state index < -0.39 is 6.10 Å². The molecular formula is C18H22N2O2. The van der Waals surface area contributed by atoms with Crippen molar-refractivity contribution < 1.29 is 9.90 Å². The monoisotopic (exact) mass is 298 g/mol. The molecule has 0 radical (unpaired) electrons. The van der Waals surface area contributed by atoms with Crippen molar-refractivity contribution in [1.82, 2.24) is 9.47 Å². The molecule has 1 unspecified atom stereocenters. The first kappa shape index (κ1) is 14.9. The van der Waals surface area contributed by atoms with E-state index >= 15 is 0 Å². The van der Waals surface area contributed by atoms with Gasteiger partial charge in [0, 0.05) is 26.3 Å². The molecule has 3 rings (SSSR count). The fourth-order valence-electron chi connectivity index (χ4n) is 3.19. The molecule has 1 amide bonds. The van der Waals surface area contributed by atoms with Crippen LogP contribution in [0.5, 0.6) is 0 Å². The van der Waals surface area contributed by atoms with Crippen molar-refractivity contribution >= 4 is 5.91 Å². The number of aliphatic hydroxyl groups excluding tert-OH is 1. The molecule has 1 aliphatic heterocycles. The van der Waals surface area contributed by atoms with E-state index in [1.165, 1.54) is 0 Å². The number of nitrogens with zero attached hydrogens (tertiary/aromatic N) is 2. The van der Waals surface area contributed by atoms with Gasteiger partial charge < -0.3 is 14.6 Å². The number of hydrogen-bond donors (Lipinski definition) is 1. The minimum absolute atomic E-state index is 0.0835. The molecule has 0 aliphatic carbocycles. The molecule has 1 aromatic carbocycles. The van der Waals surface area contributed by atoms with Gasteiger partial charge >= 0.3 is 0 Å². The van der Waals surface area contributed by atoms with Crippen LogP contribution in [0.1, 0.15) is 35.0 Å². The summed E-state index contributed by atoms with van der Waals surface area (Å²) in [6.07, 6.45) is 3.13. The molecule has 116 valence electrons. The molecule has 1 N–H and O–H groups in total. The second-order valence-electron chi connectivity index (χ2n) is 5.99. The molecule has 0 bridgehead atoms. The Bertz CT molecular complexity index is 628. The summed E-state index contributed by atoms with van der Waals surface area (Å²) in [6.45, 7) is 1.41. The molecule has 1 saturated heterocycles. The van der Waals surface area contributed by atoms with Crippen molar-refractivity contribution in [2.75, 3.05) is 13.1 Å². The first-order chi connectivity index (χ1) is 10.7. The summed E-state index contributed by atoms with van der Waals surface area (Å²) < 4.78 is 1.85. The summed E-state index contributed by atoms with van der Waals surface area (Å²) in [6, 6.07) is 13.5. The fourth-order valence-corrected chi connectivity index (χ4v) is 3.19. The summed E-state index contributed by atoms with van der Waals surface area (Å²) in [7, 11) is 1.89. The van der Waals surface area contributed by atoms with Crippen molar-refractivity contribution in [3.05, 3.63) is 59.9 Å². The second kappa shape index (κ2) is 6.36. The van der Waals surface area contributed by atoms with Crippen LogP contribution in [0.4, 0.5) is 0 Å². The summed E-state index contributed by atoms with van der Waals surface area (Å²) in [5, 5.41) is 10.5. The van der Waals surface area contributed by atoms with Gasteiger partial charge in [0.05, 0.1) is 6.10 Å². The molecule has 1 fully saturated rings. The first-order valence-electron chi connectivity index (χ1n) is 7.80. The lowest BCUT2D eigenvalue weighted by atomic mass is 9.87. The molecular weight excluding hydrogens is 276 g/mol. The molecule has 4 heteroatoms. The van der Waals surface area contributed by atoms with Crippen LogP contribution >= 0.6 is 0 Å². The zero-order valence-electron chi connectivity index (χ0n) is 12.9. The standard InChI is InChI=1S/C18H22N2O2/c1-19-11-5-8-16(19)18(22)20-12-9-15(10-13-20)17(21)14-6-3-2-4-7-14/h2-8,11,15,17,21H,9-10,12-13H2,1H3. The van der Waals surface area contributed by atoms with Crippen LogP contribution in [0.2, 0.25) is 0 Å². The second-order valence-corrected chi connectivity index (χ2v) is 5.99. The van der Waals surface area contributed by atoms with Gasteiger partial charge in [-0.15, -0.1) is 0 Å². The Balaban J connectivity index is 1.61. The Labute approximate surface area is 131 Å². The summed E-state index contributed by atoms with van der Waals surface area (Å²) in [4.78, 5) is 14.4. The number of carbonyl (C=O) groups excluding carboxylic acids is 1. The maximum atomic E-state index is 12.5. The van der Waals surface area contributed by atoms with E-state index in [4.69, 9.17) is 0 Å². The number of rotatable bonds is 3. The van der Waals surface area contributed by atoms with Crippen molar-refractivity contribution in [3.63, 3.8) is 0 Å². The molecule has 0 spiro atoms. The van der Waals surface area contributed by atoms with Crippen LogP contribution < -0.4 is 0 Å². The highest BCUT2D eigenvalue weighted by molar-refractivity contribution is 5.92. The van der Waals surface area contributed by atoms with Crippen LogP contribution in [0, 0.1) is 5.92 Å². The average molecular weight is 298 g/mol. The number of piperidine rings is 1. The Kier molecular flexibility index (Phi) is 4.29. The topological polar surface area (TPSA) is 45.5 Å². The Hall–Kier alpha value is -2.07. The van der Waals surface area contributed by atoms with Crippen molar-refractivity contribution in [2.45, 2.75) is 18.9 Å². The van der Waals surface area contributed by atoms with E-state index in [1.54, 1.807) is 0 Å². The highest BCUT2D eigenvalue weighted by atomic mass is 16.3. The maximum Gasteiger partial charge on any atom is 0.270 e. The highest BCUT2D eigenvalue weighted by Gasteiger charge is 2.29. The van der Waals surface area contributed by atoms with Gasteiger partial charge in [0.2, 0.25) is 0 Å². The number of aliphatic hydroxyl groups is 1. The van der Waals surface area contributed by atoms with Crippen LogP contribution in [-0.2, 0) is 7.05 Å². The summed E-state index contributed by atoms with van der Waals surface area (Å²) >= 11 is 0. The number of aryl methyl sites for hydroxylation is 1. The van der Waals surface area contributed by atoms with E-state index in [-0.39, 0.29) is 11.8 Å². The smallest absolute Gasteiger partial charge is 0.270 e. The number of likely N-dealkylation sites (tertiary alicyclic amines) is 1. The Morgan fingerprint density at radius 1 is 1.14 bits per heavy atom. The highest BCUT2D eigenvalue weighted by Crippen LogP contribution is 2.31. The molecule has 1 aliphatic rings. The van der Waals surface area contributed by atoms with Gasteiger partial charge in [-0.1, -0.05) is 30.3 Å². The fraction of sp³-hybridized carbons (Fsp3) is 0.389. The first-order valence-corrected chi connectivity index (χ1v) is 7.80. The van der Waals surface area contributed by atoms with Gasteiger partial charge in [-0.3, -0.25) is 4.79 Å². The lowest BCUT2D eigenvalue weighted by molar-refractivity contribution is 0.0456. The SMILES string of the molecule is Cn1cccc1C(=O)N1CCC(C(O)c2ccccc2)CC1. The predicted molar refractivity (Wildman–Crippen MR) is 85.4 cm³/mol. The van der Waals surface area contributed by atoms with E-state index in [2.05, 4.69) is 0 Å². The summed E-state index contributed by atoms with van der Waals surface area (Å²) in [5.74, 6) is 0.306. The lowest BCUT2D eigenvalue weighted by Crippen LogP contribution is -2.40. The molecule has 1 aromatic heterocycles. The molecule has 22 heavy (non-hydrogen) atoms. The van der Waals surface area contributed by atoms with Gasteiger partial charge in [-0.05, 0) is 36.5 Å². The molecule has 1 atom stereocenters. The third-order valence-electron chi connectivity index (χ3n) is 4.58. The summed E-state index contributed by atoms with van der Waals surface area (Å²) in [5.41, 5.74) is 1.69. The predicted octanol–water partition coefficient (Wildman–Crippen LogP) is 2.61. The van der Waals surface area contributed by atoms with E-state index in [1.807, 2.05) is 65.2 Å². The zero-order chi connectivity index (χ0) is 15.5. The van der Waals surface area contributed by atoms with Crippen LogP contribution in [0.25, 0.3) is 0 Å². The van der Waals surface area contributed by atoms with Gasteiger partial charge in [-0.2, -0.15) is 0 Å². The minimum atomic E-state index is -0.437. The number of benzene rings is 1. The van der Waals surface area contributed by atoms with Crippen LogP contribution in [0.15, 0.2) is 48.7 Å². The van der Waals surface area contributed by atoms with E-state index in [0.29, 0.717) is 13.1 Å². The van der Waals surface area contributed by atoms with Crippen molar-refractivity contribution in [1.29, 1.82) is 0 Å². The van der Waals surface area contributed by atoms with E-state index in [9.17, 15) is 9.90 Å². The normalized spacial score (nSPS) is 17.5. The molecule has 2 aromatic rings. The van der Waals surface area contributed by atoms with Gasteiger partial charge in [-0.25, -0.2) is 0 Å². The molecule has 0 saturated carbocycles. The number of carbonyl (C=O) groups is 1. The lowest BCUT2D eigenvalue weighted by Gasteiger charge is -2.34. The number of aromatic nitrogens is 1. The maximum absolute atomic E-state index is 12.5. The molecule has 4 nitrogen and oxygen atoms in total. The third kappa shape index (κ3) is 2.92. The van der Waals surface area contributed by atoms with Crippen LogP contribution in [0.3, 0.4) is 0 Å². The van der Waals surface area contributed by atoms with Gasteiger partial charge in [0.15, 0.2) is 0 Å². The van der Waals surface area contributed by atoms with Crippen LogP contribution in [-0.4, -0.2) is 33.6 Å². The van der Waals surface area contributed by atoms with Crippen molar-refractivity contribution in [2.24, 2.45) is 13.0 Å². The Morgan fingerprint density at radius 2 is 1.82 bits per heavy atom. The number of amides is 1. The largest absolute Gasteiger partial charge is 0.388 e. The average Bonchev–Trinajstić information content (AvgIpc) is 3.00. The molecule has 2 heterocycles. The third-order valence-corrected chi connectivity index (χ3v) is 4.58. The number of hydrogen-bond acceptors (Lipinski definition) is 2.